The largest absolute Gasteiger partial charge is 0.465 e. The van der Waals surface area contributed by atoms with E-state index in [2.05, 4.69) is 9.46 Å². The molecular weight excluding hydrogens is 292 g/mol. The maximum absolute atomic E-state index is 12.4. The molecule has 0 atom stereocenters. The molecule has 7 heteroatoms. The Hall–Kier alpha value is -2.54. The Balaban J connectivity index is 2.46. The summed E-state index contributed by atoms with van der Waals surface area (Å²) in [5, 5.41) is 0. The van der Waals surface area contributed by atoms with Crippen LogP contribution in [0.25, 0.3) is 0 Å². The van der Waals surface area contributed by atoms with E-state index in [4.69, 9.17) is 5.73 Å². The Bertz CT molecular complexity index is 772. The molecule has 0 saturated heterocycles. The third-order valence-electron chi connectivity index (χ3n) is 2.79. The number of hydrogen-bond donors (Lipinski definition) is 2. The molecule has 0 radical (unpaired) electrons. The molecule has 2 aromatic carbocycles. The average Bonchev–Trinajstić information content (AvgIpc) is 2.48. The highest BCUT2D eigenvalue weighted by Crippen LogP contribution is 2.23. The van der Waals surface area contributed by atoms with Crippen LogP contribution in [0.15, 0.2) is 53.4 Å². The topological polar surface area (TPSA) is 98.5 Å². The molecule has 0 spiro atoms. The summed E-state index contributed by atoms with van der Waals surface area (Å²) in [5.41, 5.74) is 6.21. The molecule has 0 bridgehead atoms. The van der Waals surface area contributed by atoms with Gasteiger partial charge in [-0.3, -0.25) is 4.72 Å². The molecule has 21 heavy (non-hydrogen) atoms. The summed E-state index contributed by atoms with van der Waals surface area (Å²) < 4.78 is 31.8. The monoisotopic (exact) mass is 306 g/mol. The minimum Gasteiger partial charge on any atom is -0.465 e. The van der Waals surface area contributed by atoms with E-state index in [1.807, 2.05) is 0 Å². The lowest BCUT2D eigenvalue weighted by molar-refractivity contribution is 0.0596. The van der Waals surface area contributed by atoms with Gasteiger partial charge in [0.2, 0.25) is 0 Å². The highest BCUT2D eigenvalue weighted by molar-refractivity contribution is 7.92. The Morgan fingerprint density at radius 2 is 1.71 bits per heavy atom. The standard InChI is InChI=1S/C14H14N2O4S/c1-20-14(17)10-6-2-5-9-13(10)21(18,19)16-12-8-4-3-7-11(12)15/h2-9,16H,15H2,1H3. The number of benzene rings is 2. The van der Waals surface area contributed by atoms with Crippen molar-refractivity contribution in [3.63, 3.8) is 0 Å². The zero-order chi connectivity index (χ0) is 15.5. The Morgan fingerprint density at radius 1 is 1.10 bits per heavy atom. The number of hydrogen-bond acceptors (Lipinski definition) is 5. The number of ether oxygens (including phenoxy) is 1. The SMILES string of the molecule is COC(=O)c1ccccc1S(=O)(=O)Nc1ccccc1N. The van der Waals surface area contributed by atoms with E-state index in [9.17, 15) is 13.2 Å². The first-order valence-electron chi connectivity index (χ1n) is 6.00. The average molecular weight is 306 g/mol. The van der Waals surface area contributed by atoms with Crippen molar-refractivity contribution in [3.05, 3.63) is 54.1 Å². The molecule has 0 aliphatic heterocycles. The van der Waals surface area contributed by atoms with Gasteiger partial charge in [0.05, 0.1) is 24.0 Å². The van der Waals surface area contributed by atoms with Crippen LogP contribution >= 0.6 is 0 Å². The van der Waals surface area contributed by atoms with Crippen molar-refractivity contribution in [2.75, 3.05) is 17.6 Å². The van der Waals surface area contributed by atoms with Gasteiger partial charge in [-0.05, 0) is 24.3 Å². The van der Waals surface area contributed by atoms with E-state index >= 15 is 0 Å². The first-order chi connectivity index (χ1) is 9.95. The summed E-state index contributed by atoms with van der Waals surface area (Å²) in [6.45, 7) is 0. The lowest BCUT2D eigenvalue weighted by Crippen LogP contribution is -2.18. The van der Waals surface area contributed by atoms with Gasteiger partial charge in [0.25, 0.3) is 10.0 Å². The number of methoxy groups -OCH3 is 1. The van der Waals surface area contributed by atoms with Crippen molar-refractivity contribution in [2.45, 2.75) is 4.90 Å². The van der Waals surface area contributed by atoms with Gasteiger partial charge in [-0.2, -0.15) is 0 Å². The number of esters is 1. The Labute approximate surface area is 122 Å². The number of sulfonamides is 1. The molecule has 0 heterocycles. The third kappa shape index (κ3) is 3.14. The van der Waals surface area contributed by atoms with Crippen molar-refractivity contribution < 1.29 is 17.9 Å². The van der Waals surface area contributed by atoms with Gasteiger partial charge in [0, 0.05) is 0 Å². The zero-order valence-corrected chi connectivity index (χ0v) is 12.1. The smallest absolute Gasteiger partial charge is 0.339 e. The number of rotatable bonds is 4. The van der Waals surface area contributed by atoms with E-state index in [1.54, 1.807) is 24.3 Å². The number of para-hydroxylation sites is 2. The summed E-state index contributed by atoms with van der Waals surface area (Å²) in [5.74, 6) is -0.725. The van der Waals surface area contributed by atoms with Crippen LogP contribution in [-0.4, -0.2) is 21.5 Å². The molecule has 0 amide bonds. The molecule has 0 aliphatic rings. The van der Waals surface area contributed by atoms with E-state index in [1.165, 1.54) is 31.4 Å². The molecule has 0 fully saturated rings. The number of nitrogens with one attached hydrogen (secondary N) is 1. The molecule has 0 unspecified atom stereocenters. The molecule has 0 aromatic heterocycles. The second-order valence-corrected chi connectivity index (χ2v) is 5.83. The minimum atomic E-state index is -3.95. The highest BCUT2D eigenvalue weighted by atomic mass is 32.2. The lowest BCUT2D eigenvalue weighted by Gasteiger charge is -2.12. The Kier molecular flexibility index (Phi) is 4.13. The van der Waals surface area contributed by atoms with Gasteiger partial charge in [0.15, 0.2) is 0 Å². The zero-order valence-electron chi connectivity index (χ0n) is 11.2. The number of nitrogens with two attached hydrogens (primary N) is 1. The van der Waals surface area contributed by atoms with Crippen molar-refractivity contribution in [1.82, 2.24) is 0 Å². The van der Waals surface area contributed by atoms with Crippen LogP contribution in [0.1, 0.15) is 10.4 Å². The fourth-order valence-corrected chi connectivity index (χ4v) is 3.05. The number of anilines is 2. The number of carbonyl (C=O) groups is 1. The maximum atomic E-state index is 12.4. The first-order valence-corrected chi connectivity index (χ1v) is 7.48. The molecule has 6 nitrogen and oxygen atoms in total. The van der Waals surface area contributed by atoms with Crippen molar-refractivity contribution in [3.8, 4) is 0 Å². The van der Waals surface area contributed by atoms with Crippen LogP contribution in [-0.2, 0) is 14.8 Å². The molecule has 3 N–H and O–H groups in total. The molecule has 110 valence electrons. The number of carbonyl (C=O) groups excluding carboxylic acids is 1. The van der Waals surface area contributed by atoms with Crippen molar-refractivity contribution in [2.24, 2.45) is 0 Å². The van der Waals surface area contributed by atoms with Gasteiger partial charge in [0.1, 0.15) is 4.90 Å². The third-order valence-corrected chi connectivity index (χ3v) is 4.21. The second-order valence-electron chi connectivity index (χ2n) is 4.18. The van der Waals surface area contributed by atoms with Crippen molar-refractivity contribution in [1.29, 1.82) is 0 Å². The number of nitrogen functional groups attached to an aromatic ring is 1. The molecule has 0 aliphatic carbocycles. The quantitative estimate of drug-likeness (QED) is 0.663. The summed E-state index contributed by atoms with van der Waals surface area (Å²) in [7, 11) is -2.76. The predicted molar refractivity (Wildman–Crippen MR) is 79.4 cm³/mol. The van der Waals surface area contributed by atoms with Crippen LogP contribution in [0.3, 0.4) is 0 Å². The van der Waals surface area contributed by atoms with Crippen LogP contribution in [0, 0.1) is 0 Å². The first kappa shape index (κ1) is 14.9. The van der Waals surface area contributed by atoms with Crippen LogP contribution in [0.5, 0.6) is 0 Å². The van der Waals surface area contributed by atoms with Gasteiger partial charge >= 0.3 is 5.97 Å². The lowest BCUT2D eigenvalue weighted by atomic mass is 10.2. The van der Waals surface area contributed by atoms with Gasteiger partial charge in [-0.15, -0.1) is 0 Å². The van der Waals surface area contributed by atoms with Crippen LogP contribution in [0.2, 0.25) is 0 Å². The van der Waals surface area contributed by atoms with Crippen molar-refractivity contribution >= 4 is 27.4 Å². The maximum Gasteiger partial charge on any atom is 0.339 e. The molecule has 2 rings (SSSR count). The summed E-state index contributed by atoms with van der Waals surface area (Å²) in [6, 6.07) is 12.2. The summed E-state index contributed by atoms with van der Waals surface area (Å²) in [6.07, 6.45) is 0. The minimum absolute atomic E-state index is 0.0398. The molecule has 0 saturated carbocycles. The predicted octanol–water partition coefficient (Wildman–Crippen LogP) is 1.86. The van der Waals surface area contributed by atoms with Gasteiger partial charge < -0.3 is 10.5 Å². The second kappa shape index (κ2) is 5.84. The van der Waals surface area contributed by atoms with Gasteiger partial charge in [-0.1, -0.05) is 24.3 Å². The van der Waals surface area contributed by atoms with Gasteiger partial charge in [-0.25, -0.2) is 13.2 Å². The summed E-state index contributed by atoms with van der Waals surface area (Å²) in [4.78, 5) is 11.5. The van der Waals surface area contributed by atoms with E-state index < -0.39 is 16.0 Å². The van der Waals surface area contributed by atoms with Crippen LogP contribution < -0.4 is 10.5 Å². The van der Waals surface area contributed by atoms with E-state index in [-0.39, 0.29) is 21.8 Å². The van der Waals surface area contributed by atoms with E-state index in [0.717, 1.165) is 0 Å². The summed E-state index contributed by atoms with van der Waals surface area (Å²) >= 11 is 0. The van der Waals surface area contributed by atoms with Crippen LogP contribution in [0.4, 0.5) is 11.4 Å². The Morgan fingerprint density at radius 3 is 2.38 bits per heavy atom. The van der Waals surface area contributed by atoms with E-state index in [0.29, 0.717) is 0 Å². The molecular formula is C14H14N2O4S. The fraction of sp³-hybridized carbons (Fsp3) is 0.0714. The normalized spacial score (nSPS) is 10.9. The molecule has 2 aromatic rings. The highest BCUT2D eigenvalue weighted by Gasteiger charge is 2.23. The fourth-order valence-electron chi connectivity index (χ4n) is 1.77.